The molecule has 0 aliphatic rings. The number of aliphatic imine (C=N–C) groups is 1. The summed E-state index contributed by atoms with van der Waals surface area (Å²) >= 11 is 0. The molecule has 8 heteroatoms. The van der Waals surface area contributed by atoms with E-state index < -0.39 is 9.84 Å². The first kappa shape index (κ1) is 22.9. The number of nitrogens with one attached hydrogen (secondary N) is 1. The lowest BCUT2D eigenvalue weighted by Gasteiger charge is -2.22. The van der Waals surface area contributed by atoms with Crippen LogP contribution in [-0.2, 0) is 29.9 Å². The van der Waals surface area contributed by atoms with E-state index in [0.29, 0.717) is 17.4 Å². The van der Waals surface area contributed by atoms with Crippen LogP contribution in [0.2, 0.25) is 0 Å². The Labute approximate surface area is 174 Å². The highest BCUT2D eigenvalue weighted by Crippen LogP contribution is 2.18. The SMILES string of the molecule is CCNC(=NCCc1ccc(S(C)(=O)=O)cc1)N(C)Cc1cn(C)nc1C(C)C. The molecule has 0 radical (unpaired) electrons. The largest absolute Gasteiger partial charge is 0.357 e. The van der Waals surface area contributed by atoms with Crippen LogP contribution in [-0.4, -0.2) is 55.5 Å². The minimum absolute atomic E-state index is 0.343. The Morgan fingerprint density at radius 3 is 2.48 bits per heavy atom. The highest BCUT2D eigenvalue weighted by Gasteiger charge is 2.15. The van der Waals surface area contributed by atoms with E-state index in [4.69, 9.17) is 4.99 Å². The van der Waals surface area contributed by atoms with Crippen molar-refractivity contribution in [2.45, 2.75) is 44.6 Å². The molecule has 1 aromatic heterocycles. The molecule has 1 heterocycles. The van der Waals surface area contributed by atoms with E-state index in [1.807, 2.05) is 30.9 Å². The van der Waals surface area contributed by atoms with Crippen molar-refractivity contribution in [3.63, 3.8) is 0 Å². The minimum atomic E-state index is -3.16. The smallest absolute Gasteiger partial charge is 0.193 e. The van der Waals surface area contributed by atoms with Gasteiger partial charge in [-0.1, -0.05) is 26.0 Å². The van der Waals surface area contributed by atoms with Crippen molar-refractivity contribution in [3.8, 4) is 0 Å². The predicted octanol–water partition coefficient (Wildman–Crippen LogP) is 2.59. The molecule has 1 N–H and O–H groups in total. The number of aromatic nitrogens is 2. The van der Waals surface area contributed by atoms with Gasteiger partial charge >= 0.3 is 0 Å². The molecule has 0 amide bonds. The molecule has 2 rings (SSSR count). The highest BCUT2D eigenvalue weighted by molar-refractivity contribution is 7.90. The summed E-state index contributed by atoms with van der Waals surface area (Å²) < 4.78 is 25.0. The summed E-state index contributed by atoms with van der Waals surface area (Å²) in [5, 5.41) is 7.92. The van der Waals surface area contributed by atoms with Gasteiger partial charge in [-0.2, -0.15) is 5.10 Å². The Hall–Kier alpha value is -2.35. The zero-order chi connectivity index (χ0) is 21.6. The van der Waals surface area contributed by atoms with Crippen LogP contribution in [0.1, 0.15) is 43.5 Å². The van der Waals surface area contributed by atoms with E-state index in [1.165, 1.54) is 11.8 Å². The molecule has 1 aromatic carbocycles. The second-order valence-electron chi connectivity index (χ2n) is 7.63. The van der Waals surface area contributed by atoms with Crippen LogP contribution in [0.5, 0.6) is 0 Å². The van der Waals surface area contributed by atoms with Crippen molar-refractivity contribution < 1.29 is 8.42 Å². The molecule has 0 spiro atoms. The Bertz CT molecular complexity index is 930. The summed E-state index contributed by atoms with van der Waals surface area (Å²) in [6.45, 7) is 8.50. The summed E-state index contributed by atoms with van der Waals surface area (Å²) in [4.78, 5) is 7.20. The number of benzene rings is 1. The van der Waals surface area contributed by atoms with E-state index in [1.54, 1.807) is 12.1 Å². The molecule has 0 bridgehead atoms. The maximum absolute atomic E-state index is 11.6. The van der Waals surface area contributed by atoms with E-state index >= 15 is 0 Å². The van der Waals surface area contributed by atoms with Crippen LogP contribution < -0.4 is 5.32 Å². The van der Waals surface area contributed by atoms with Gasteiger partial charge < -0.3 is 10.2 Å². The van der Waals surface area contributed by atoms with E-state index in [0.717, 1.165) is 36.7 Å². The van der Waals surface area contributed by atoms with Crippen LogP contribution in [0, 0.1) is 0 Å². The number of sulfone groups is 1. The second-order valence-corrected chi connectivity index (χ2v) is 9.64. The average Bonchev–Trinajstić information content (AvgIpc) is 3.01. The van der Waals surface area contributed by atoms with Crippen molar-refractivity contribution in [2.24, 2.45) is 12.0 Å². The monoisotopic (exact) mass is 419 g/mol. The first-order chi connectivity index (χ1) is 13.6. The fraction of sp³-hybridized carbons (Fsp3) is 0.524. The Morgan fingerprint density at radius 1 is 1.28 bits per heavy atom. The lowest BCUT2D eigenvalue weighted by molar-refractivity contribution is 0.473. The van der Waals surface area contributed by atoms with Crippen molar-refractivity contribution >= 4 is 15.8 Å². The highest BCUT2D eigenvalue weighted by atomic mass is 32.2. The fourth-order valence-corrected chi connectivity index (χ4v) is 3.79. The molecule has 7 nitrogen and oxygen atoms in total. The molecular formula is C21H33N5O2S. The molecule has 2 aromatic rings. The molecule has 0 fully saturated rings. The van der Waals surface area contributed by atoms with Crippen LogP contribution in [0.4, 0.5) is 0 Å². The quantitative estimate of drug-likeness (QED) is 0.525. The van der Waals surface area contributed by atoms with E-state index in [9.17, 15) is 8.42 Å². The predicted molar refractivity (Wildman–Crippen MR) is 118 cm³/mol. The van der Waals surface area contributed by atoms with Gasteiger partial charge in [0.15, 0.2) is 15.8 Å². The summed E-state index contributed by atoms with van der Waals surface area (Å²) in [7, 11) is 0.814. The number of guanidine groups is 1. The topological polar surface area (TPSA) is 79.6 Å². The molecule has 0 atom stereocenters. The molecule has 29 heavy (non-hydrogen) atoms. The van der Waals surface area contributed by atoms with Crippen molar-refractivity contribution in [2.75, 3.05) is 26.4 Å². The normalized spacial score (nSPS) is 12.4. The average molecular weight is 420 g/mol. The van der Waals surface area contributed by atoms with Crippen LogP contribution in [0.15, 0.2) is 40.4 Å². The van der Waals surface area contributed by atoms with Gasteiger partial charge in [-0.3, -0.25) is 9.67 Å². The number of hydrogen-bond donors (Lipinski definition) is 1. The Morgan fingerprint density at radius 2 is 1.93 bits per heavy atom. The maximum atomic E-state index is 11.6. The maximum Gasteiger partial charge on any atom is 0.193 e. The number of aryl methyl sites for hydroxylation is 1. The Kier molecular flexibility index (Phi) is 7.84. The zero-order valence-electron chi connectivity index (χ0n) is 18.3. The van der Waals surface area contributed by atoms with Crippen LogP contribution in [0.3, 0.4) is 0 Å². The van der Waals surface area contributed by atoms with Crippen molar-refractivity contribution in [3.05, 3.63) is 47.3 Å². The third-order valence-corrected chi connectivity index (χ3v) is 5.73. The molecule has 0 unspecified atom stereocenters. The van der Waals surface area contributed by atoms with Gasteiger partial charge in [0.25, 0.3) is 0 Å². The van der Waals surface area contributed by atoms with Crippen LogP contribution >= 0.6 is 0 Å². The van der Waals surface area contributed by atoms with Gasteiger partial charge in [0, 0.05) is 51.7 Å². The van der Waals surface area contributed by atoms with Crippen LogP contribution in [0.25, 0.3) is 0 Å². The lowest BCUT2D eigenvalue weighted by Crippen LogP contribution is -2.38. The molecular weight excluding hydrogens is 386 g/mol. The summed E-state index contributed by atoms with van der Waals surface area (Å²) in [5.41, 5.74) is 3.38. The van der Waals surface area contributed by atoms with Gasteiger partial charge in [-0.25, -0.2) is 8.42 Å². The van der Waals surface area contributed by atoms with E-state index in [2.05, 4.69) is 42.3 Å². The van der Waals surface area contributed by atoms with Gasteiger partial charge in [-0.05, 0) is 37.0 Å². The zero-order valence-corrected chi connectivity index (χ0v) is 19.1. The molecule has 0 saturated carbocycles. The molecule has 0 saturated heterocycles. The fourth-order valence-electron chi connectivity index (χ4n) is 3.16. The second kappa shape index (κ2) is 9.91. The number of rotatable bonds is 8. The lowest BCUT2D eigenvalue weighted by atomic mass is 10.1. The molecule has 0 aliphatic heterocycles. The summed E-state index contributed by atoms with van der Waals surface area (Å²) in [6, 6.07) is 7.02. The molecule has 0 aliphatic carbocycles. The van der Waals surface area contributed by atoms with E-state index in [-0.39, 0.29) is 0 Å². The van der Waals surface area contributed by atoms with Gasteiger partial charge in [-0.15, -0.1) is 0 Å². The third-order valence-electron chi connectivity index (χ3n) is 4.60. The van der Waals surface area contributed by atoms with Gasteiger partial charge in [0.2, 0.25) is 0 Å². The standard InChI is InChI=1S/C21H33N5O2S/c1-7-22-21(25(4)14-18-15-26(5)24-20(18)16(2)3)23-13-12-17-8-10-19(11-9-17)29(6,27)28/h8-11,15-16H,7,12-14H2,1-6H3,(H,22,23). The summed E-state index contributed by atoms with van der Waals surface area (Å²) in [5.74, 6) is 1.22. The van der Waals surface area contributed by atoms with Gasteiger partial charge in [0.05, 0.1) is 10.6 Å². The number of hydrogen-bond acceptors (Lipinski definition) is 4. The third kappa shape index (κ3) is 6.59. The van der Waals surface area contributed by atoms with Gasteiger partial charge in [0.1, 0.15) is 0 Å². The first-order valence-electron chi connectivity index (χ1n) is 9.92. The summed E-state index contributed by atoms with van der Waals surface area (Å²) in [6.07, 6.45) is 4.04. The molecule has 160 valence electrons. The Balaban J connectivity index is 2.05. The van der Waals surface area contributed by atoms with Crippen molar-refractivity contribution in [1.82, 2.24) is 20.0 Å². The number of nitrogens with zero attached hydrogens (tertiary/aromatic N) is 4. The first-order valence-corrected chi connectivity index (χ1v) is 11.8. The van der Waals surface area contributed by atoms with Crippen molar-refractivity contribution in [1.29, 1.82) is 0 Å². The minimum Gasteiger partial charge on any atom is -0.357 e.